The van der Waals surface area contributed by atoms with Crippen molar-refractivity contribution in [1.82, 2.24) is 19.7 Å². The number of imidazole rings is 1. The lowest BCUT2D eigenvalue weighted by atomic mass is 9.89. The summed E-state index contributed by atoms with van der Waals surface area (Å²) in [6.45, 7) is 2.19. The summed E-state index contributed by atoms with van der Waals surface area (Å²) in [6, 6.07) is 10.4. The van der Waals surface area contributed by atoms with Crippen molar-refractivity contribution in [3.8, 4) is 17.3 Å². The van der Waals surface area contributed by atoms with Crippen molar-refractivity contribution in [3.05, 3.63) is 48.3 Å². The SMILES string of the molecule is Oc1nc(-c2ccc(C3CCNCC3)cc2)cc2nccn12. The molecule has 22 heavy (non-hydrogen) atoms. The Balaban J connectivity index is 1.66. The molecule has 1 aromatic carbocycles. The second-order valence-corrected chi connectivity index (χ2v) is 5.74. The number of fused-ring (bicyclic) bond motifs is 1. The minimum Gasteiger partial charge on any atom is -0.480 e. The summed E-state index contributed by atoms with van der Waals surface area (Å²) in [5.74, 6) is 0.645. The highest BCUT2D eigenvalue weighted by atomic mass is 16.3. The van der Waals surface area contributed by atoms with Crippen molar-refractivity contribution in [3.63, 3.8) is 0 Å². The predicted molar refractivity (Wildman–Crippen MR) is 84.9 cm³/mol. The number of nitrogens with zero attached hydrogens (tertiary/aromatic N) is 3. The second kappa shape index (κ2) is 5.42. The van der Waals surface area contributed by atoms with Crippen LogP contribution in [0.5, 0.6) is 6.01 Å². The molecule has 5 nitrogen and oxygen atoms in total. The molecule has 0 radical (unpaired) electrons. The van der Waals surface area contributed by atoms with E-state index in [1.54, 1.807) is 16.8 Å². The Bertz CT molecular complexity index is 788. The molecule has 4 rings (SSSR count). The molecule has 3 aromatic rings. The minimum atomic E-state index is -0.0348. The zero-order valence-electron chi connectivity index (χ0n) is 12.2. The van der Waals surface area contributed by atoms with Gasteiger partial charge in [-0.25, -0.2) is 4.98 Å². The van der Waals surface area contributed by atoms with Crippen LogP contribution < -0.4 is 5.32 Å². The van der Waals surface area contributed by atoms with Gasteiger partial charge in [-0.1, -0.05) is 24.3 Å². The molecular formula is C17H18N4O. The molecule has 2 aromatic heterocycles. The van der Waals surface area contributed by atoms with Gasteiger partial charge in [-0.3, -0.25) is 4.40 Å². The number of piperidine rings is 1. The summed E-state index contributed by atoms with van der Waals surface area (Å²) >= 11 is 0. The number of benzene rings is 1. The number of aromatic nitrogens is 3. The summed E-state index contributed by atoms with van der Waals surface area (Å²) in [7, 11) is 0. The maximum Gasteiger partial charge on any atom is 0.300 e. The van der Waals surface area contributed by atoms with Gasteiger partial charge in [-0.2, -0.15) is 4.98 Å². The van der Waals surface area contributed by atoms with E-state index in [4.69, 9.17) is 0 Å². The molecule has 1 fully saturated rings. The van der Waals surface area contributed by atoms with E-state index < -0.39 is 0 Å². The Kier molecular flexibility index (Phi) is 3.27. The first-order valence-corrected chi connectivity index (χ1v) is 7.65. The lowest BCUT2D eigenvalue weighted by molar-refractivity contribution is 0.423. The van der Waals surface area contributed by atoms with Crippen molar-refractivity contribution >= 4 is 5.65 Å². The minimum absolute atomic E-state index is 0.0348. The zero-order chi connectivity index (χ0) is 14.9. The zero-order valence-corrected chi connectivity index (χ0v) is 12.2. The first kappa shape index (κ1) is 13.3. The maximum absolute atomic E-state index is 9.97. The first-order chi connectivity index (χ1) is 10.8. The molecule has 3 heterocycles. The molecule has 5 heteroatoms. The lowest BCUT2D eigenvalue weighted by Gasteiger charge is -2.23. The quantitative estimate of drug-likeness (QED) is 0.762. The van der Waals surface area contributed by atoms with Gasteiger partial charge in [0, 0.05) is 24.0 Å². The number of hydrogen-bond acceptors (Lipinski definition) is 4. The van der Waals surface area contributed by atoms with Crippen molar-refractivity contribution in [2.24, 2.45) is 0 Å². The van der Waals surface area contributed by atoms with Crippen LogP contribution in [0.1, 0.15) is 24.3 Å². The topological polar surface area (TPSA) is 62.5 Å². The molecule has 0 aliphatic carbocycles. The van der Waals surface area contributed by atoms with E-state index in [0.29, 0.717) is 11.6 Å². The first-order valence-electron chi connectivity index (χ1n) is 7.65. The maximum atomic E-state index is 9.97. The van der Waals surface area contributed by atoms with E-state index in [2.05, 4.69) is 39.6 Å². The molecule has 0 bridgehead atoms. The third-order valence-electron chi connectivity index (χ3n) is 4.39. The molecule has 1 saturated heterocycles. The van der Waals surface area contributed by atoms with Crippen molar-refractivity contribution in [2.75, 3.05) is 13.1 Å². The van der Waals surface area contributed by atoms with Gasteiger partial charge in [-0.15, -0.1) is 0 Å². The Morgan fingerprint density at radius 3 is 2.68 bits per heavy atom. The van der Waals surface area contributed by atoms with Crippen LogP contribution in [0.3, 0.4) is 0 Å². The molecule has 0 spiro atoms. The Morgan fingerprint density at radius 2 is 1.91 bits per heavy atom. The van der Waals surface area contributed by atoms with E-state index in [-0.39, 0.29) is 6.01 Å². The van der Waals surface area contributed by atoms with Crippen LogP contribution in [-0.2, 0) is 0 Å². The Hall–Kier alpha value is -2.40. The fourth-order valence-corrected chi connectivity index (χ4v) is 3.14. The smallest absolute Gasteiger partial charge is 0.300 e. The van der Waals surface area contributed by atoms with Crippen LogP contribution in [0.2, 0.25) is 0 Å². The van der Waals surface area contributed by atoms with Crippen LogP contribution in [-0.4, -0.2) is 32.6 Å². The van der Waals surface area contributed by atoms with Gasteiger partial charge in [-0.05, 0) is 37.4 Å². The van der Waals surface area contributed by atoms with E-state index in [1.165, 1.54) is 18.4 Å². The van der Waals surface area contributed by atoms with E-state index in [0.717, 1.165) is 24.3 Å². The van der Waals surface area contributed by atoms with Crippen molar-refractivity contribution in [2.45, 2.75) is 18.8 Å². The molecule has 1 aliphatic heterocycles. The van der Waals surface area contributed by atoms with E-state index >= 15 is 0 Å². The summed E-state index contributed by atoms with van der Waals surface area (Å²) < 4.78 is 1.56. The van der Waals surface area contributed by atoms with Gasteiger partial charge in [0.15, 0.2) is 0 Å². The van der Waals surface area contributed by atoms with Crippen LogP contribution in [0.4, 0.5) is 0 Å². The van der Waals surface area contributed by atoms with Gasteiger partial charge >= 0.3 is 0 Å². The van der Waals surface area contributed by atoms with Gasteiger partial charge < -0.3 is 10.4 Å². The number of hydrogen-bond donors (Lipinski definition) is 2. The van der Waals surface area contributed by atoms with Crippen LogP contribution in [0, 0.1) is 0 Å². The van der Waals surface area contributed by atoms with Gasteiger partial charge in [0.1, 0.15) is 5.65 Å². The average Bonchev–Trinajstić information content (AvgIpc) is 3.05. The van der Waals surface area contributed by atoms with E-state index in [1.807, 2.05) is 6.07 Å². The summed E-state index contributed by atoms with van der Waals surface area (Å²) in [5.41, 5.74) is 3.83. The summed E-state index contributed by atoms with van der Waals surface area (Å²) in [5, 5.41) is 13.4. The highest BCUT2D eigenvalue weighted by Crippen LogP contribution is 2.28. The normalized spacial score (nSPS) is 16.2. The highest BCUT2D eigenvalue weighted by Gasteiger charge is 2.15. The largest absolute Gasteiger partial charge is 0.480 e. The average molecular weight is 294 g/mol. The fraction of sp³-hybridized carbons (Fsp3) is 0.294. The van der Waals surface area contributed by atoms with Crippen LogP contribution >= 0.6 is 0 Å². The van der Waals surface area contributed by atoms with Crippen LogP contribution in [0.25, 0.3) is 16.9 Å². The molecular weight excluding hydrogens is 276 g/mol. The van der Waals surface area contributed by atoms with Crippen molar-refractivity contribution < 1.29 is 5.11 Å². The monoisotopic (exact) mass is 294 g/mol. The third-order valence-corrected chi connectivity index (χ3v) is 4.39. The predicted octanol–water partition coefficient (Wildman–Crippen LogP) is 2.57. The fourth-order valence-electron chi connectivity index (χ4n) is 3.14. The lowest BCUT2D eigenvalue weighted by Crippen LogP contribution is -2.26. The molecule has 2 N–H and O–H groups in total. The third kappa shape index (κ3) is 2.33. The number of aromatic hydroxyl groups is 1. The second-order valence-electron chi connectivity index (χ2n) is 5.74. The van der Waals surface area contributed by atoms with Crippen LogP contribution in [0.15, 0.2) is 42.7 Å². The molecule has 1 aliphatic rings. The number of nitrogens with one attached hydrogen (secondary N) is 1. The summed E-state index contributed by atoms with van der Waals surface area (Å²) in [4.78, 5) is 8.47. The standard InChI is InChI=1S/C17H18N4O/c22-17-20-15(11-16-19-9-10-21(16)17)14-3-1-12(2-4-14)13-5-7-18-8-6-13/h1-4,9-11,13,18H,5-8H2,(H,20,22). The summed E-state index contributed by atoms with van der Waals surface area (Å²) in [6.07, 6.45) is 5.74. The molecule has 0 saturated carbocycles. The number of rotatable bonds is 2. The molecule has 0 unspecified atom stereocenters. The van der Waals surface area contributed by atoms with Gasteiger partial charge in [0.2, 0.25) is 0 Å². The van der Waals surface area contributed by atoms with Crippen molar-refractivity contribution in [1.29, 1.82) is 0 Å². The van der Waals surface area contributed by atoms with E-state index in [9.17, 15) is 5.11 Å². The molecule has 0 amide bonds. The molecule has 0 atom stereocenters. The van der Waals surface area contributed by atoms with Gasteiger partial charge in [0.25, 0.3) is 6.01 Å². The highest BCUT2D eigenvalue weighted by molar-refractivity contribution is 5.64. The Morgan fingerprint density at radius 1 is 1.14 bits per heavy atom. The Labute approximate surface area is 128 Å². The molecule has 112 valence electrons. The van der Waals surface area contributed by atoms with Gasteiger partial charge in [0.05, 0.1) is 5.69 Å².